The molecule has 0 fully saturated rings. The molecule has 0 aliphatic carbocycles. The second-order valence-corrected chi connectivity index (χ2v) is 14.7. The maximum absolute atomic E-state index is 12.8. The van der Waals surface area contributed by atoms with E-state index in [4.69, 9.17) is 9.16 Å². The Labute approximate surface area is 196 Å². The van der Waals surface area contributed by atoms with Crippen molar-refractivity contribution in [3.8, 4) is 0 Å². The Morgan fingerprint density at radius 2 is 1.48 bits per heavy atom. The fourth-order valence-electron chi connectivity index (χ4n) is 2.77. The number of esters is 1. The van der Waals surface area contributed by atoms with Gasteiger partial charge in [-0.05, 0) is 41.4 Å². The first-order chi connectivity index (χ1) is 14.5. The number of carbonyl (C=O) groups is 1. The molecule has 0 spiro atoms. The molecular weight excluding hydrogens is 468 g/mol. The zero-order valence-electron chi connectivity index (χ0n) is 19.3. The fraction of sp³-hybridized carbons (Fsp3) is 0.346. The van der Waals surface area contributed by atoms with Crippen molar-refractivity contribution in [2.45, 2.75) is 45.0 Å². The first-order valence-electron chi connectivity index (χ1n) is 10.5. The van der Waals surface area contributed by atoms with Crippen LogP contribution in [0.4, 0.5) is 0 Å². The zero-order chi connectivity index (χ0) is 23.1. The summed E-state index contributed by atoms with van der Waals surface area (Å²) in [6.45, 7) is 11.0. The van der Waals surface area contributed by atoms with E-state index < -0.39 is 20.3 Å². The molecule has 3 nitrogen and oxygen atoms in total. The highest BCUT2D eigenvalue weighted by molar-refractivity contribution is 9.10. The number of ether oxygens (including phenoxy) is 1. The molecule has 0 aromatic heterocycles. The molecule has 0 saturated carbocycles. The van der Waals surface area contributed by atoms with Gasteiger partial charge < -0.3 is 9.16 Å². The lowest BCUT2D eigenvalue weighted by atomic mass is 9.99. The van der Waals surface area contributed by atoms with E-state index in [1.54, 1.807) is 0 Å². The van der Waals surface area contributed by atoms with E-state index in [0.29, 0.717) is 0 Å². The van der Waals surface area contributed by atoms with Gasteiger partial charge >= 0.3 is 5.97 Å². The molecule has 31 heavy (non-hydrogen) atoms. The maximum Gasteiger partial charge on any atom is 0.315 e. The van der Waals surface area contributed by atoms with Crippen LogP contribution in [0.5, 0.6) is 0 Å². The summed E-state index contributed by atoms with van der Waals surface area (Å²) in [7, 11) is -0.719. The summed E-state index contributed by atoms with van der Waals surface area (Å²) in [4.78, 5) is 12.8. The summed E-state index contributed by atoms with van der Waals surface area (Å²) in [6, 6.07) is 18.0. The Bertz CT molecular complexity index is 896. The molecule has 2 rings (SSSR count). The Morgan fingerprint density at radius 1 is 0.935 bits per heavy atom. The first-order valence-corrected chi connectivity index (χ1v) is 14.2. The van der Waals surface area contributed by atoms with Crippen LogP contribution in [0, 0.1) is 5.92 Å². The Morgan fingerprint density at radius 3 is 2.03 bits per heavy atom. The largest absolute Gasteiger partial charge is 0.468 e. The monoisotopic (exact) mass is 500 g/mol. The quantitative estimate of drug-likeness (QED) is 0.280. The summed E-state index contributed by atoms with van der Waals surface area (Å²) in [6.07, 6.45) is 7.42. The third kappa shape index (κ3) is 7.60. The van der Waals surface area contributed by atoms with Gasteiger partial charge in [0, 0.05) is 4.47 Å². The smallest absolute Gasteiger partial charge is 0.315 e. The highest BCUT2D eigenvalue weighted by Crippen LogP contribution is 2.38. The third-order valence-corrected chi connectivity index (χ3v) is 10.7. The normalized spacial score (nSPS) is 14.7. The van der Waals surface area contributed by atoms with Gasteiger partial charge in [0.1, 0.15) is 5.92 Å². The maximum atomic E-state index is 12.8. The highest BCUT2D eigenvalue weighted by atomic mass is 79.9. The molecule has 0 saturated heterocycles. The van der Waals surface area contributed by atoms with Crippen LogP contribution in [0.15, 0.2) is 71.2 Å². The average molecular weight is 502 g/mol. The zero-order valence-corrected chi connectivity index (χ0v) is 21.8. The SMILES string of the molecule is COC(=O)[C@H](/C=C/c1ccc(Br)cc1)[C@H](/C=C/c1ccccc1)O[Si](C)(C)C(C)(C)C. The van der Waals surface area contributed by atoms with Crippen LogP contribution >= 0.6 is 15.9 Å². The summed E-state index contributed by atoms with van der Waals surface area (Å²) in [5.41, 5.74) is 2.07. The van der Waals surface area contributed by atoms with E-state index in [1.165, 1.54) is 7.11 Å². The van der Waals surface area contributed by atoms with Crippen LogP contribution in [0.1, 0.15) is 31.9 Å². The molecule has 0 bridgehead atoms. The molecule has 0 N–H and O–H groups in total. The molecule has 0 aliphatic rings. The van der Waals surface area contributed by atoms with Gasteiger partial charge in [-0.3, -0.25) is 4.79 Å². The van der Waals surface area contributed by atoms with Crippen LogP contribution < -0.4 is 0 Å². The molecule has 2 atom stereocenters. The van der Waals surface area contributed by atoms with Crippen molar-refractivity contribution >= 4 is 42.4 Å². The van der Waals surface area contributed by atoms with Crippen molar-refractivity contribution < 1.29 is 14.0 Å². The lowest BCUT2D eigenvalue weighted by Crippen LogP contribution is -2.46. The minimum atomic E-state index is -2.14. The van der Waals surface area contributed by atoms with Gasteiger partial charge in [-0.2, -0.15) is 0 Å². The summed E-state index contributed by atoms with van der Waals surface area (Å²) in [5, 5.41) is 0.0158. The predicted octanol–water partition coefficient (Wildman–Crippen LogP) is 7.36. The predicted molar refractivity (Wildman–Crippen MR) is 136 cm³/mol. The van der Waals surface area contributed by atoms with Gasteiger partial charge in [0.05, 0.1) is 13.2 Å². The minimum Gasteiger partial charge on any atom is -0.468 e. The molecule has 0 heterocycles. The Balaban J connectivity index is 2.42. The van der Waals surface area contributed by atoms with Crippen molar-refractivity contribution in [1.82, 2.24) is 0 Å². The summed E-state index contributed by atoms with van der Waals surface area (Å²) in [5.74, 6) is -0.863. The second kappa shape index (κ2) is 11.1. The fourth-order valence-corrected chi connectivity index (χ4v) is 4.29. The molecule has 0 radical (unpaired) electrons. The van der Waals surface area contributed by atoms with Crippen LogP contribution in [0.25, 0.3) is 12.2 Å². The molecule has 0 amide bonds. The number of benzene rings is 2. The molecule has 0 unspecified atom stereocenters. The lowest BCUT2D eigenvalue weighted by Gasteiger charge is -2.39. The van der Waals surface area contributed by atoms with E-state index in [0.717, 1.165) is 15.6 Å². The highest BCUT2D eigenvalue weighted by Gasteiger charge is 2.41. The number of methoxy groups -OCH3 is 1. The summed E-state index contributed by atoms with van der Waals surface area (Å²) < 4.78 is 12.9. The Hall–Kier alpha value is -1.95. The van der Waals surface area contributed by atoms with Gasteiger partial charge in [0.15, 0.2) is 8.32 Å². The molecule has 2 aromatic rings. The number of hydrogen-bond acceptors (Lipinski definition) is 3. The Kier molecular flexibility index (Phi) is 9.04. The topological polar surface area (TPSA) is 35.5 Å². The van der Waals surface area contributed by atoms with Crippen molar-refractivity contribution in [1.29, 1.82) is 0 Å². The third-order valence-electron chi connectivity index (χ3n) is 5.71. The van der Waals surface area contributed by atoms with E-state index in [-0.39, 0.29) is 11.0 Å². The number of carbonyl (C=O) groups excluding carboxylic acids is 1. The molecular formula is C26H33BrO3Si. The van der Waals surface area contributed by atoms with E-state index >= 15 is 0 Å². The number of rotatable bonds is 8. The van der Waals surface area contributed by atoms with Crippen molar-refractivity contribution in [2.75, 3.05) is 7.11 Å². The molecule has 166 valence electrons. The van der Waals surface area contributed by atoms with Crippen LogP contribution in [-0.2, 0) is 14.0 Å². The number of hydrogen-bond donors (Lipinski definition) is 0. The van der Waals surface area contributed by atoms with Crippen LogP contribution in [0.2, 0.25) is 18.1 Å². The average Bonchev–Trinajstić information content (AvgIpc) is 2.72. The first kappa shape index (κ1) is 25.3. The van der Waals surface area contributed by atoms with E-state index in [9.17, 15) is 4.79 Å². The van der Waals surface area contributed by atoms with Gasteiger partial charge in [-0.15, -0.1) is 0 Å². The van der Waals surface area contributed by atoms with E-state index in [2.05, 4.69) is 49.8 Å². The second-order valence-electron chi connectivity index (χ2n) is 9.07. The number of halogens is 1. The molecule has 0 aliphatic heterocycles. The van der Waals surface area contributed by atoms with Crippen molar-refractivity contribution in [2.24, 2.45) is 5.92 Å². The van der Waals surface area contributed by atoms with Gasteiger partial charge in [0.25, 0.3) is 0 Å². The summed E-state index contributed by atoms with van der Waals surface area (Å²) >= 11 is 3.45. The van der Waals surface area contributed by atoms with Gasteiger partial charge in [-0.1, -0.05) is 103 Å². The molecule has 2 aromatic carbocycles. The van der Waals surface area contributed by atoms with Crippen molar-refractivity contribution in [3.63, 3.8) is 0 Å². The standard InChI is InChI=1S/C26H33BrO3Si/c1-26(2,3)31(5,6)30-24(19-15-20-10-8-7-9-11-20)23(25(28)29-4)18-14-21-12-16-22(27)17-13-21/h7-19,23-24H,1-6H3/b18-14+,19-15+/t23-,24+/m1/s1. The lowest BCUT2D eigenvalue weighted by molar-refractivity contribution is -0.145. The van der Waals surface area contributed by atoms with Crippen LogP contribution in [0.3, 0.4) is 0 Å². The molecule has 5 heteroatoms. The van der Waals surface area contributed by atoms with Crippen molar-refractivity contribution in [3.05, 3.63) is 82.3 Å². The minimum absolute atomic E-state index is 0.0158. The van der Waals surface area contributed by atoms with Gasteiger partial charge in [0.2, 0.25) is 0 Å². The van der Waals surface area contributed by atoms with E-state index in [1.807, 2.05) is 78.9 Å². The van der Waals surface area contributed by atoms with Gasteiger partial charge in [-0.25, -0.2) is 0 Å². The van der Waals surface area contributed by atoms with Crippen LogP contribution in [-0.4, -0.2) is 27.5 Å².